The molecule has 0 aliphatic rings. The lowest BCUT2D eigenvalue weighted by molar-refractivity contribution is -0.115. The number of benzene rings is 1. The van der Waals surface area contributed by atoms with E-state index in [1.54, 1.807) is 14.1 Å². The number of hydrogen-bond acceptors (Lipinski definition) is 3. The van der Waals surface area contributed by atoms with Crippen molar-refractivity contribution in [2.45, 2.75) is 0 Å². The van der Waals surface area contributed by atoms with Crippen LogP contribution < -0.4 is 16.0 Å². The molecule has 1 rings (SSSR count). The maximum atomic E-state index is 12.7. The molecule has 0 saturated heterocycles. The van der Waals surface area contributed by atoms with Gasteiger partial charge in [-0.2, -0.15) is 0 Å². The summed E-state index contributed by atoms with van der Waals surface area (Å²) in [5.74, 6) is -0.576. The molecule has 0 saturated carbocycles. The van der Waals surface area contributed by atoms with Crippen LogP contribution in [0.15, 0.2) is 24.3 Å². The Labute approximate surface area is 117 Å². The number of urea groups is 1. The first-order chi connectivity index (χ1) is 9.49. The lowest BCUT2D eigenvalue weighted by Crippen LogP contribution is -2.39. The molecule has 0 aliphatic carbocycles. The highest BCUT2D eigenvalue weighted by Gasteiger charge is 2.03. The zero-order valence-electron chi connectivity index (χ0n) is 11.6. The summed E-state index contributed by atoms with van der Waals surface area (Å²) >= 11 is 0. The number of carbonyl (C=O) groups is 2. The third-order valence-electron chi connectivity index (χ3n) is 2.40. The van der Waals surface area contributed by atoms with Crippen LogP contribution in [0, 0.1) is 5.82 Å². The number of hydrogen-bond donors (Lipinski definition) is 3. The van der Waals surface area contributed by atoms with Gasteiger partial charge in [0.05, 0.1) is 6.54 Å². The predicted molar refractivity (Wildman–Crippen MR) is 75.0 cm³/mol. The van der Waals surface area contributed by atoms with Crippen molar-refractivity contribution in [3.63, 3.8) is 0 Å². The minimum absolute atomic E-state index is 0.120. The summed E-state index contributed by atoms with van der Waals surface area (Å²) in [7, 11) is 3.30. The molecule has 1 aromatic carbocycles. The number of halogens is 1. The first-order valence-corrected chi connectivity index (χ1v) is 6.20. The van der Waals surface area contributed by atoms with Gasteiger partial charge in [0, 0.05) is 32.9 Å². The molecule has 0 spiro atoms. The largest absolute Gasteiger partial charge is 0.337 e. The van der Waals surface area contributed by atoms with Crippen molar-refractivity contribution in [2.24, 2.45) is 0 Å². The van der Waals surface area contributed by atoms with Crippen molar-refractivity contribution in [1.82, 2.24) is 15.5 Å². The first-order valence-electron chi connectivity index (χ1n) is 6.20. The van der Waals surface area contributed by atoms with Crippen molar-refractivity contribution in [3.8, 4) is 0 Å². The van der Waals surface area contributed by atoms with Crippen LogP contribution in [-0.2, 0) is 4.79 Å². The van der Waals surface area contributed by atoms with Gasteiger partial charge in [-0.25, -0.2) is 9.18 Å². The molecule has 0 fully saturated rings. The van der Waals surface area contributed by atoms with Crippen molar-refractivity contribution >= 4 is 17.6 Å². The monoisotopic (exact) mass is 282 g/mol. The molecule has 0 aliphatic heterocycles. The minimum atomic E-state index is -0.349. The number of nitrogens with zero attached hydrogens (tertiary/aromatic N) is 1. The average molecular weight is 282 g/mol. The van der Waals surface area contributed by atoms with E-state index in [1.165, 1.54) is 29.2 Å². The number of amides is 3. The minimum Gasteiger partial charge on any atom is -0.337 e. The molecule has 0 bridgehead atoms. The molecule has 3 N–H and O–H groups in total. The van der Waals surface area contributed by atoms with E-state index in [1.807, 2.05) is 0 Å². The maximum absolute atomic E-state index is 12.7. The lowest BCUT2D eigenvalue weighted by atomic mass is 10.3. The van der Waals surface area contributed by atoms with Crippen LogP contribution in [0.1, 0.15) is 0 Å². The van der Waals surface area contributed by atoms with Gasteiger partial charge in [0.1, 0.15) is 5.82 Å². The summed E-state index contributed by atoms with van der Waals surface area (Å²) in [5, 5.41) is 8.18. The highest BCUT2D eigenvalue weighted by atomic mass is 19.1. The Balaban J connectivity index is 2.14. The Morgan fingerprint density at radius 2 is 1.80 bits per heavy atom. The van der Waals surface area contributed by atoms with Crippen LogP contribution in [0.5, 0.6) is 0 Å². The second kappa shape index (κ2) is 8.11. The molecular formula is C13H19FN4O2. The Kier molecular flexibility index (Phi) is 6.45. The molecule has 110 valence electrons. The van der Waals surface area contributed by atoms with E-state index in [9.17, 15) is 14.0 Å². The average Bonchev–Trinajstić information content (AvgIpc) is 2.40. The summed E-state index contributed by atoms with van der Waals surface area (Å²) in [4.78, 5) is 24.2. The van der Waals surface area contributed by atoms with Gasteiger partial charge in [0.15, 0.2) is 0 Å². The van der Waals surface area contributed by atoms with E-state index in [-0.39, 0.29) is 24.3 Å². The Morgan fingerprint density at radius 1 is 1.15 bits per heavy atom. The number of anilines is 1. The molecular weight excluding hydrogens is 263 g/mol. The van der Waals surface area contributed by atoms with E-state index < -0.39 is 0 Å². The van der Waals surface area contributed by atoms with Gasteiger partial charge in [-0.1, -0.05) is 0 Å². The first kappa shape index (κ1) is 15.9. The van der Waals surface area contributed by atoms with Crippen molar-refractivity contribution < 1.29 is 14.0 Å². The van der Waals surface area contributed by atoms with Crippen molar-refractivity contribution in [1.29, 1.82) is 0 Å². The van der Waals surface area contributed by atoms with Crippen LogP contribution >= 0.6 is 0 Å². The summed E-state index contributed by atoms with van der Waals surface area (Å²) in [6, 6.07) is 5.36. The molecule has 6 nitrogen and oxygen atoms in total. The fourth-order valence-electron chi connectivity index (χ4n) is 1.36. The van der Waals surface area contributed by atoms with Crippen LogP contribution in [0.4, 0.5) is 14.9 Å². The third kappa shape index (κ3) is 6.14. The fraction of sp³-hybridized carbons (Fsp3) is 0.385. The van der Waals surface area contributed by atoms with Gasteiger partial charge >= 0.3 is 6.03 Å². The van der Waals surface area contributed by atoms with Crippen LogP contribution in [0.25, 0.3) is 0 Å². The maximum Gasteiger partial charge on any atom is 0.316 e. The Bertz CT molecular complexity index is 448. The normalized spacial score (nSPS) is 9.95. The smallest absolute Gasteiger partial charge is 0.316 e. The van der Waals surface area contributed by atoms with E-state index >= 15 is 0 Å². The summed E-state index contributed by atoms with van der Waals surface area (Å²) < 4.78 is 12.7. The highest BCUT2D eigenvalue weighted by molar-refractivity contribution is 5.92. The topological polar surface area (TPSA) is 73.5 Å². The van der Waals surface area contributed by atoms with Gasteiger partial charge in [0.25, 0.3) is 0 Å². The quantitative estimate of drug-likeness (QED) is 0.670. The summed E-state index contributed by atoms with van der Waals surface area (Å²) in [6.07, 6.45) is 0. The molecule has 0 heterocycles. The fourth-order valence-corrected chi connectivity index (χ4v) is 1.36. The van der Waals surface area contributed by atoms with Gasteiger partial charge in [-0.15, -0.1) is 0 Å². The van der Waals surface area contributed by atoms with E-state index in [2.05, 4.69) is 16.0 Å². The molecule has 3 amide bonds. The van der Waals surface area contributed by atoms with Crippen LogP contribution in [0.2, 0.25) is 0 Å². The second-order valence-electron chi connectivity index (χ2n) is 4.36. The molecule has 0 atom stereocenters. The van der Waals surface area contributed by atoms with Crippen molar-refractivity contribution in [3.05, 3.63) is 30.1 Å². The predicted octanol–water partition coefficient (Wildman–Crippen LogP) is 0.625. The standard InChI is InChI=1S/C13H19FN4O2/c1-18(2)13(20)16-8-7-15-9-12(19)17-11-5-3-10(14)4-6-11/h3-6,15H,7-9H2,1-2H3,(H,16,20)(H,17,19). The second-order valence-corrected chi connectivity index (χ2v) is 4.36. The summed E-state index contributed by atoms with van der Waals surface area (Å²) in [5.41, 5.74) is 0.541. The molecule has 20 heavy (non-hydrogen) atoms. The molecule has 1 aromatic rings. The van der Waals surface area contributed by atoms with Gasteiger partial charge in [-0.05, 0) is 24.3 Å². The van der Waals surface area contributed by atoms with Gasteiger partial charge in [-0.3, -0.25) is 4.79 Å². The number of rotatable bonds is 6. The molecule has 0 unspecified atom stereocenters. The molecule has 0 aromatic heterocycles. The Hall–Kier alpha value is -2.15. The van der Waals surface area contributed by atoms with Crippen LogP contribution in [-0.4, -0.2) is 50.6 Å². The number of carbonyl (C=O) groups excluding carboxylic acids is 2. The highest BCUT2D eigenvalue weighted by Crippen LogP contribution is 2.07. The molecule has 7 heteroatoms. The Morgan fingerprint density at radius 3 is 2.40 bits per heavy atom. The third-order valence-corrected chi connectivity index (χ3v) is 2.40. The van der Waals surface area contributed by atoms with Crippen LogP contribution in [0.3, 0.4) is 0 Å². The van der Waals surface area contributed by atoms with E-state index in [0.29, 0.717) is 18.8 Å². The lowest BCUT2D eigenvalue weighted by Gasteiger charge is -2.12. The molecule has 0 radical (unpaired) electrons. The zero-order chi connectivity index (χ0) is 15.0. The van der Waals surface area contributed by atoms with Gasteiger partial charge < -0.3 is 20.9 Å². The zero-order valence-corrected chi connectivity index (χ0v) is 11.6. The van der Waals surface area contributed by atoms with E-state index in [4.69, 9.17) is 0 Å². The number of nitrogens with one attached hydrogen (secondary N) is 3. The van der Waals surface area contributed by atoms with Crippen molar-refractivity contribution in [2.75, 3.05) is 39.0 Å². The SMILES string of the molecule is CN(C)C(=O)NCCNCC(=O)Nc1ccc(F)cc1. The van der Waals surface area contributed by atoms with E-state index in [0.717, 1.165) is 0 Å². The summed E-state index contributed by atoms with van der Waals surface area (Å²) in [6.45, 7) is 1.03. The van der Waals surface area contributed by atoms with Gasteiger partial charge in [0.2, 0.25) is 5.91 Å².